The van der Waals surface area contributed by atoms with Gasteiger partial charge in [0.25, 0.3) is 0 Å². The molecule has 0 heterocycles. The third-order valence-corrected chi connectivity index (χ3v) is 2.82. The molecule has 94 valence electrons. The molecule has 0 unspecified atom stereocenters. The van der Waals surface area contributed by atoms with E-state index >= 15 is 0 Å². The number of nitrogens with one attached hydrogen (secondary N) is 1. The maximum atomic E-state index is 11.0. The summed E-state index contributed by atoms with van der Waals surface area (Å²) < 4.78 is 4.54. The Morgan fingerprint density at radius 2 is 2.00 bits per heavy atom. The van der Waals surface area contributed by atoms with Gasteiger partial charge in [-0.1, -0.05) is 39.0 Å². The van der Waals surface area contributed by atoms with Crippen LogP contribution in [-0.2, 0) is 16.7 Å². The van der Waals surface area contributed by atoms with Crippen molar-refractivity contribution >= 4 is 6.09 Å². The van der Waals surface area contributed by atoms with Gasteiger partial charge in [-0.15, -0.1) is 0 Å². The van der Waals surface area contributed by atoms with Crippen LogP contribution in [0.2, 0.25) is 0 Å². The number of alkyl carbamates (subject to hydrolysis) is 1. The molecular weight excluding hydrogens is 214 g/mol. The van der Waals surface area contributed by atoms with E-state index < -0.39 is 6.09 Å². The monoisotopic (exact) mass is 235 g/mol. The molecule has 0 bridgehead atoms. The van der Waals surface area contributed by atoms with E-state index in [0.717, 1.165) is 5.56 Å². The Hall–Kier alpha value is -1.51. The first kappa shape index (κ1) is 13.6. The average Bonchev–Trinajstić information content (AvgIpc) is 2.25. The number of rotatable bonds is 2. The zero-order valence-electron chi connectivity index (χ0n) is 11.3. The fourth-order valence-corrected chi connectivity index (χ4v) is 1.60. The van der Waals surface area contributed by atoms with Crippen LogP contribution in [0.25, 0.3) is 0 Å². The minimum Gasteiger partial charge on any atom is -0.453 e. The van der Waals surface area contributed by atoms with Crippen molar-refractivity contribution in [3.05, 3.63) is 34.9 Å². The molecule has 17 heavy (non-hydrogen) atoms. The van der Waals surface area contributed by atoms with Gasteiger partial charge in [0.2, 0.25) is 0 Å². The van der Waals surface area contributed by atoms with E-state index in [1.807, 2.05) is 0 Å². The van der Waals surface area contributed by atoms with E-state index in [9.17, 15) is 4.79 Å². The van der Waals surface area contributed by atoms with Gasteiger partial charge in [-0.3, -0.25) is 0 Å². The number of hydrogen-bond donors (Lipinski definition) is 1. The second-order valence-electron chi connectivity index (χ2n) is 5.24. The minimum absolute atomic E-state index is 0.152. The molecular formula is C14H21NO2. The minimum atomic E-state index is -0.399. The van der Waals surface area contributed by atoms with Crippen molar-refractivity contribution in [1.82, 2.24) is 5.32 Å². The highest BCUT2D eigenvalue weighted by molar-refractivity contribution is 5.66. The van der Waals surface area contributed by atoms with Crippen LogP contribution in [-0.4, -0.2) is 13.2 Å². The summed E-state index contributed by atoms with van der Waals surface area (Å²) in [5.74, 6) is 0. The van der Waals surface area contributed by atoms with Crippen LogP contribution in [0.3, 0.4) is 0 Å². The summed E-state index contributed by atoms with van der Waals surface area (Å²) in [7, 11) is 1.37. The normalized spacial score (nSPS) is 11.1. The molecule has 3 nitrogen and oxygen atoms in total. The van der Waals surface area contributed by atoms with E-state index in [4.69, 9.17) is 0 Å². The molecule has 0 aromatic heterocycles. The summed E-state index contributed by atoms with van der Waals surface area (Å²) in [5, 5.41) is 2.69. The first-order valence-corrected chi connectivity index (χ1v) is 5.76. The van der Waals surface area contributed by atoms with Crippen LogP contribution < -0.4 is 5.32 Å². The number of hydrogen-bond acceptors (Lipinski definition) is 2. The highest BCUT2D eigenvalue weighted by atomic mass is 16.5. The van der Waals surface area contributed by atoms with Gasteiger partial charge in [-0.05, 0) is 29.0 Å². The number of carbonyl (C=O) groups is 1. The Labute approximate surface area is 103 Å². The van der Waals surface area contributed by atoms with Crippen molar-refractivity contribution in [1.29, 1.82) is 0 Å². The van der Waals surface area contributed by atoms with Crippen LogP contribution in [0.4, 0.5) is 4.79 Å². The highest BCUT2D eigenvalue weighted by Gasteiger charge is 2.14. The third kappa shape index (κ3) is 3.77. The van der Waals surface area contributed by atoms with Gasteiger partial charge in [0.15, 0.2) is 0 Å². The number of benzene rings is 1. The molecule has 3 heteroatoms. The number of aryl methyl sites for hydroxylation is 1. The van der Waals surface area contributed by atoms with Crippen LogP contribution in [0.5, 0.6) is 0 Å². The van der Waals surface area contributed by atoms with Gasteiger partial charge in [0.1, 0.15) is 0 Å². The van der Waals surface area contributed by atoms with Crippen LogP contribution in [0.15, 0.2) is 18.2 Å². The molecule has 0 aliphatic carbocycles. The predicted molar refractivity (Wildman–Crippen MR) is 69.1 cm³/mol. The van der Waals surface area contributed by atoms with Crippen LogP contribution >= 0.6 is 0 Å². The number of carbonyl (C=O) groups excluding carboxylic acids is 1. The fraction of sp³-hybridized carbons (Fsp3) is 0.500. The Kier molecular flexibility index (Phi) is 4.16. The molecule has 0 fully saturated rings. The van der Waals surface area contributed by atoms with Crippen LogP contribution in [0, 0.1) is 6.92 Å². The molecule has 0 saturated carbocycles. The standard InChI is InChI=1S/C14H21NO2/c1-10-8-12(14(2,3)4)7-6-11(10)9-15-13(16)17-5/h6-8H,9H2,1-5H3,(H,15,16). The molecule has 0 radical (unpaired) electrons. The molecule has 1 N–H and O–H groups in total. The smallest absolute Gasteiger partial charge is 0.407 e. The van der Waals surface area contributed by atoms with Crippen molar-refractivity contribution in [2.75, 3.05) is 7.11 Å². The van der Waals surface area contributed by atoms with E-state index in [0.29, 0.717) is 6.54 Å². The summed E-state index contributed by atoms with van der Waals surface area (Å²) in [6.45, 7) is 9.13. The average molecular weight is 235 g/mol. The quantitative estimate of drug-likeness (QED) is 0.855. The van der Waals surface area contributed by atoms with Crippen molar-refractivity contribution in [3.8, 4) is 0 Å². The van der Waals surface area contributed by atoms with Gasteiger partial charge >= 0.3 is 6.09 Å². The SMILES string of the molecule is COC(=O)NCc1ccc(C(C)(C)C)cc1C. The van der Waals surface area contributed by atoms with Gasteiger partial charge in [0, 0.05) is 6.54 Å². The third-order valence-electron chi connectivity index (χ3n) is 2.82. The first-order chi connectivity index (χ1) is 7.84. The van der Waals surface area contributed by atoms with E-state index in [-0.39, 0.29) is 5.41 Å². The molecule has 1 aromatic carbocycles. The summed E-state index contributed by atoms with van der Waals surface area (Å²) in [6.07, 6.45) is -0.399. The van der Waals surface area contributed by atoms with Gasteiger partial charge in [0.05, 0.1) is 7.11 Å². The molecule has 1 amide bonds. The maximum Gasteiger partial charge on any atom is 0.407 e. The Morgan fingerprint density at radius 1 is 1.35 bits per heavy atom. The van der Waals surface area contributed by atoms with Crippen molar-refractivity contribution < 1.29 is 9.53 Å². The van der Waals surface area contributed by atoms with Crippen molar-refractivity contribution in [3.63, 3.8) is 0 Å². The highest BCUT2D eigenvalue weighted by Crippen LogP contribution is 2.24. The topological polar surface area (TPSA) is 38.3 Å². The zero-order chi connectivity index (χ0) is 13.1. The molecule has 0 spiro atoms. The summed E-state index contributed by atoms with van der Waals surface area (Å²) in [5.41, 5.74) is 3.76. The largest absolute Gasteiger partial charge is 0.453 e. The number of methoxy groups -OCH3 is 1. The van der Waals surface area contributed by atoms with Crippen LogP contribution in [0.1, 0.15) is 37.5 Å². The Morgan fingerprint density at radius 3 is 2.47 bits per heavy atom. The van der Waals surface area contributed by atoms with Crippen molar-refractivity contribution in [2.24, 2.45) is 0 Å². The summed E-state index contributed by atoms with van der Waals surface area (Å²) in [6, 6.07) is 6.35. The molecule has 0 atom stereocenters. The Balaban J connectivity index is 2.80. The van der Waals surface area contributed by atoms with Gasteiger partial charge < -0.3 is 10.1 Å². The molecule has 1 rings (SSSR count). The second kappa shape index (κ2) is 5.21. The Bertz CT molecular complexity index is 405. The molecule has 1 aromatic rings. The van der Waals surface area contributed by atoms with Crippen molar-refractivity contribution in [2.45, 2.75) is 39.7 Å². The molecule has 0 aliphatic heterocycles. The molecule has 0 saturated heterocycles. The summed E-state index contributed by atoms with van der Waals surface area (Å²) in [4.78, 5) is 11.0. The second-order valence-corrected chi connectivity index (χ2v) is 5.24. The van der Waals surface area contributed by atoms with Gasteiger partial charge in [-0.25, -0.2) is 4.79 Å². The maximum absolute atomic E-state index is 11.0. The molecule has 0 aliphatic rings. The number of ether oxygens (including phenoxy) is 1. The zero-order valence-corrected chi connectivity index (χ0v) is 11.3. The predicted octanol–water partition coefficient (Wildman–Crippen LogP) is 3.15. The van der Waals surface area contributed by atoms with E-state index in [2.05, 4.69) is 55.9 Å². The lowest BCUT2D eigenvalue weighted by Gasteiger charge is -2.20. The fourth-order valence-electron chi connectivity index (χ4n) is 1.60. The van der Waals surface area contributed by atoms with E-state index in [1.54, 1.807) is 0 Å². The lowest BCUT2D eigenvalue weighted by molar-refractivity contribution is 0.170. The lowest BCUT2D eigenvalue weighted by atomic mass is 9.85. The van der Waals surface area contributed by atoms with E-state index in [1.165, 1.54) is 18.2 Å². The first-order valence-electron chi connectivity index (χ1n) is 5.76. The summed E-state index contributed by atoms with van der Waals surface area (Å²) >= 11 is 0. The lowest BCUT2D eigenvalue weighted by Crippen LogP contribution is -2.23. The number of amides is 1. The van der Waals surface area contributed by atoms with Gasteiger partial charge in [-0.2, -0.15) is 0 Å².